The number of alkyl halides is 6. The summed E-state index contributed by atoms with van der Waals surface area (Å²) in [6.45, 7) is -1.08. The van der Waals surface area contributed by atoms with Crippen molar-refractivity contribution in [2.45, 2.75) is 49.9 Å². The number of hydrogen-bond donors (Lipinski definition) is 3. The lowest BCUT2D eigenvalue weighted by molar-refractivity contribution is -0.141. The summed E-state index contributed by atoms with van der Waals surface area (Å²) in [6.07, 6.45) is -7.11. The number of hydrogen-bond acceptors (Lipinski definition) is 3. The lowest BCUT2D eigenvalue weighted by Crippen LogP contribution is -2.47. The zero-order valence-electron chi connectivity index (χ0n) is 26.9. The van der Waals surface area contributed by atoms with E-state index >= 15 is 0 Å². The fourth-order valence-electron chi connectivity index (χ4n) is 6.45. The van der Waals surface area contributed by atoms with Crippen LogP contribution in [0.25, 0.3) is 22.3 Å². The molecule has 0 bridgehead atoms. The molecule has 6 nitrogen and oxygen atoms in total. The lowest BCUT2D eigenvalue weighted by atomic mass is 9.73. The molecule has 0 radical (unpaired) electrons. The summed E-state index contributed by atoms with van der Waals surface area (Å²) >= 11 is 0. The number of amides is 3. The Morgan fingerprint density at radius 1 is 0.600 bits per heavy atom. The Kier molecular flexibility index (Phi) is 11.0. The molecule has 0 saturated heterocycles. The molecule has 0 spiro atoms. The van der Waals surface area contributed by atoms with Gasteiger partial charge in [0, 0.05) is 25.1 Å². The molecule has 3 amide bonds. The van der Waals surface area contributed by atoms with E-state index in [-0.39, 0.29) is 30.9 Å². The monoisotopic (exact) mass is 695 g/mol. The number of benzene rings is 4. The third-order valence-corrected chi connectivity index (χ3v) is 8.78. The third kappa shape index (κ3) is 8.18. The zero-order chi connectivity index (χ0) is 35.9. The summed E-state index contributed by atoms with van der Waals surface area (Å²) in [6, 6.07) is 25.5. The van der Waals surface area contributed by atoms with E-state index < -0.39 is 41.7 Å². The lowest BCUT2D eigenvalue weighted by Gasteiger charge is -2.31. The van der Waals surface area contributed by atoms with Crippen LogP contribution in [0.2, 0.25) is 0 Å². The van der Waals surface area contributed by atoms with Crippen LogP contribution in [0.3, 0.4) is 0 Å². The molecule has 0 aromatic heterocycles. The van der Waals surface area contributed by atoms with Crippen molar-refractivity contribution >= 4 is 17.7 Å². The molecule has 0 fully saturated rings. The number of nitrogens with one attached hydrogen (secondary N) is 3. The fraction of sp³-hybridized carbons (Fsp3) is 0.289. The highest BCUT2D eigenvalue weighted by Gasteiger charge is 2.49. The first-order valence-electron chi connectivity index (χ1n) is 16.2. The van der Waals surface area contributed by atoms with E-state index in [1.165, 1.54) is 12.1 Å². The van der Waals surface area contributed by atoms with Gasteiger partial charge in [-0.3, -0.25) is 14.4 Å². The van der Waals surface area contributed by atoms with Crippen molar-refractivity contribution in [1.82, 2.24) is 16.0 Å². The van der Waals surface area contributed by atoms with E-state index in [0.29, 0.717) is 48.1 Å². The molecule has 5 rings (SSSR count). The van der Waals surface area contributed by atoms with Crippen LogP contribution in [0.15, 0.2) is 97.1 Å². The normalized spacial score (nSPS) is 13.2. The van der Waals surface area contributed by atoms with Crippen LogP contribution in [0.1, 0.15) is 59.2 Å². The molecule has 0 atom stereocenters. The van der Waals surface area contributed by atoms with Crippen molar-refractivity contribution in [2.75, 3.05) is 19.6 Å². The smallest absolute Gasteiger partial charge is 0.356 e. The topological polar surface area (TPSA) is 87.3 Å². The first-order valence-corrected chi connectivity index (χ1v) is 16.2. The van der Waals surface area contributed by atoms with Gasteiger partial charge in [0.1, 0.15) is 12.0 Å². The van der Waals surface area contributed by atoms with Gasteiger partial charge in [0.2, 0.25) is 11.8 Å². The van der Waals surface area contributed by atoms with Gasteiger partial charge in [-0.05, 0) is 64.4 Å². The van der Waals surface area contributed by atoms with Gasteiger partial charge in [0.15, 0.2) is 0 Å². The quantitative estimate of drug-likeness (QED) is 0.0986. The number of fused-ring (bicyclic) bond motifs is 3. The molecule has 1 aliphatic carbocycles. The molecule has 0 saturated carbocycles. The van der Waals surface area contributed by atoms with Crippen molar-refractivity contribution in [3.05, 3.63) is 119 Å². The average molecular weight is 696 g/mol. The molecule has 4 aromatic carbocycles. The summed E-state index contributed by atoms with van der Waals surface area (Å²) < 4.78 is 78.2. The van der Waals surface area contributed by atoms with Gasteiger partial charge in [-0.15, -0.1) is 0 Å². The second-order valence-electron chi connectivity index (χ2n) is 12.1. The number of carbonyl (C=O) groups is 3. The van der Waals surface area contributed by atoms with Gasteiger partial charge in [-0.25, -0.2) is 0 Å². The maximum absolute atomic E-state index is 13.6. The maximum atomic E-state index is 13.6. The Labute approximate surface area is 285 Å². The van der Waals surface area contributed by atoms with E-state index in [1.54, 1.807) is 48.5 Å². The summed E-state index contributed by atoms with van der Waals surface area (Å²) in [7, 11) is 0. The summed E-state index contributed by atoms with van der Waals surface area (Å²) in [5, 5.41) is 7.60. The summed E-state index contributed by atoms with van der Waals surface area (Å²) in [5.74, 6) is -1.48. The molecular formula is C38H35F6N3O3. The van der Waals surface area contributed by atoms with Crippen molar-refractivity contribution < 1.29 is 40.7 Å². The Morgan fingerprint density at radius 2 is 1.18 bits per heavy atom. The van der Waals surface area contributed by atoms with Crippen LogP contribution >= 0.6 is 0 Å². The molecule has 12 heteroatoms. The Morgan fingerprint density at radius 3 is 1.78 bits per heavy atom. The highest BCUT2D eigenvalue weighted by Crippen LogP contribution is 2.51. The third-order valence-electron chi connectivity index (χ3n) is 8.78. The highest BCUT2D eigenvalue weighted by atomic mass is 19.4. The van der Waals surface area contributed by atoms with Crippen molar-refractivity contribution in [3.8, 4) is 22.3 Å². The van der Waals surface area contributed by atoms with Gasteiger partial charge < -0.3 is 16.0 Å². The molecule has 3 N–H and O–H groups in total. The van der Waals surface area contributed by atoms with E-state index in [4.69, 9.17) is 0 Å². The van der Waals surface area contributed by atoms with Crippen LogP contribution in [0.5, 0.6) is 0 Å². The highest BCUT2D eigenvalue weighted by molar-refractivity contribution is 6.01. The minimum atomic E-state index is -4.56. The fourth-order valence-corrected chi connectivity index (χ4v) is 6.45. The average Bonchev–Trinajstić information content (AvgIpc) is 3.38. The maximum Gasteiger partial charge on any atom is 0.416 e. The van der Waals surface area contributed by atoms with E-state index in [0.717, 1.165) is 23.3 Å². The summed E-state index contributed by atoms with van der Waals surface area (Å²) in [4.78, 5) is 39.0. The largest absolute Gasteiger partial charge is 0.416 e. The van der Waals surface area contributed by atoms with Crippen molar-refractivity contribution in [2.24, 2.45) is 0 Å². The number of halogens is 6. The Bertz CT molecular complexity index is 1790. The van der Waals surface area contributed by atoms with Gasteiger partial charge in [0.05, 0.1) is 5.56 Å². The second kappa shape index (κ2) is 15.2. The number of unbranched alkanes of at least 4 members (excludes halogenated alkanes) is 2. The van der Waals surface area contributed by atoms with Crippen LogP contribution in [-0.2, 0) is 21.2 Å². The standard InChI is InChI=1S/C38H35F6N3O3/c39-37(40,41)24-47-35(50)36(31-14-6-4-11-28(31)29-12-5-7-15-32(29)36)21-8-1-9-22-45-33(48)20-23-46-34(49)30-13-3-2-10-27(30)25-16-18-26(19-17-25)38(42,43)44/h2-7,10-19H,1,8-9,20-24H2,(H,45,48)(H,46,49)(H,47,50). The molecule has 262 valence electrons. The van der Waals surface area contributed by atoms with E-state index in [2.05, 4.69) is 16.0 Å². The zero-order valence-corrected chi connectivity index (χ0v) is 26.9. The first-order chi connectivity index (χ1) is 23.8. The van der Waals surface area contributed by atoms with Gasteiger partial charge in [-0.2, -0.15) is 26.3 Å². The van der Waals surface area contributed by atoms with Gasteiger partial charge >= 0.3 is 12.4 Å². The Balaban J connectivity index is 1.11. The van der Waals surface area contributed by atoms with E-state index in [9.17, 15) is 40.7 Å². The van der Waals surface area contributed by atoms with Gasteiger partial charge in [0.25, 0.3) is 5.91 Å². The first kappa shape index (κ1) is 36.2. The molecule has 0 aliphatic heterocycles. The molecule has 1 aliphatic rings. The Hall–Kier alpha value is -5.13. The van der Waals surface area contributed by atoms with Crippen molar-refractivity contribution in [1.29, 1.82) is 0 Å². The minimum absolute atomic E-state index is 0.00968. The van der Waals surface area contributed by atoms with Crippen LogP contribution in [0, 0.1) is 0 Å². The van der Waals surface area contributed by atoms with Crippen LogP contribution in [0.4, 0.5) is 26.3 Å². The predicted molar refractivity (Wildman–Crippen MR) is 177 cm³/mol. The van der Waals surface area contributed by atoms with Crippen LogP contribution < -0.4 is 16.0 Å². The molecule has 50 heavy (non-hydrogen) atoms. The van der Waals surface area contributed by atoms with Crippen molar-refractivity contribution in [3.63, 3.8) is 0 Å². The SMILES string of the molecule is O=C(CCNC(=O)c1ccccc1-c1ccc(C(F)(F)F)cc1)NCCCCCC1(C(=O)NCC(F)(F)F)c2ccccc2-c2ccccc21. The number of carbonyl (C=O) groups excluding carboxylic acids is 3. The molecule has 0 unspecified atom stereocenters. The predicted octanol–water partition coefficient (Wildman–Crippen LogP) is 7.81. The second-order valence-corrected chi connectivity index (χ2v) is 12.1. The van der Waals surface area contributed by atoms with E-state index in [1.807, 2.05) is 24.3 Å². The minimum Gasteiger partial charge on any atom is -0.356 e. The molecule has 4 aromatic rings. The molecular weight excluding hydrogens is 660 g/mol. The molecule has 0 heterocycles. The summed E-state index contributed by atoms with van der Waals surface area (Å²) in [5.41, 5.74) is 2.02. The van der Waals surface area contributed by atoms with Crippen LogP contribution in [-0.4, -0.2) is 43.5 Å². The van der Waals surface area contributed by atoms with Gasteiger partial charge in [-0.1, -0.05) is 91.7 Å². The number of rotatable bonds is 13.